The zero-order valence-electron chi connectivity index (χ0n) is 18.1. The maximum absolute atomic E-state index is 13.2. The Kier molecular flexibility index (Phi) is 7.11. The van der Waals surface area contributed by atoms with Crippen molar-refractivity contribution < 1.29 is 19.1 Å². The Morgan fingerprint density at radius 3 is 2.40 bits per heavy atom. The first-order valence-corrected chi connectivity index (χ1v) is 10.4. The van der Waals surface area contributed by atoms with Gasteiger partial charge in [0.15, 0.2) is 0 Å². The standard InChI is InChI=1S/C24H30N2O4/c1-16(2)14-29-15-23(27)26-21-8-6-5-7-18(21)9-10-19-11-12-20(13-22(19)26)25-24(28)30-17(3)4/h5-8,11-13,16-17H,9-10,14-15H2,1-4H3,(H,25,28). The van der Waals surface area contributed by atoms with E-state index in [2.05, 4.69) is 25.2 Å². The van der Waals surface area contributed by atoms with Gasteiger partial charge in [0.2, 0.25) is 0 Å². The van der Waals surface area contributed by atoms with E-state index >= 15 is 0 Å². The van der Waals surface area contributed by atoms with Crippen LogP contribution in [-0.2, 0) is 27.1 Å². The van der Waals surface area contributed by atoms with E-state index in [0.29, 0.717) is 18.2 Å². The van der Waals surface area contributed by atoms with Gasteiger partial charge in [-0.2, -0.15) is 0 Å². The second kappa shape index (κ2) is 9.76. The van der Waals surface area contributed by atoms with Crippen LogP contribution in [-0.4, -0.2) is 31.3 Å². The van der Waals surface area contributed by atoms with Gasteiger partial charge in [-0.15, -0.1) is 0 Å². The highest BCUT2D eigenvalue weighted by molar-refractivity contribution is 6.03. The molecule has 1 aliphatic rings. The van der Waals surface area contributed by atoms with Gasteiger partial charge >= 0.3 is 6.09 Å². The molecule has 0 unspecified atom stereocenters. The number of anilines is 3. The first-order chi connectivity index (χ1) is 14.3. The fraction of sp³-hybridized carbons (Fsp3) is 0.417. The molecule has 2 amide bonds. The molecule has 0 atom stereocenters. The third-order valence-corrected chi connectivity index (χ3v) is 4.74. The predicted molar refractivity (Wildman–Crippen MR) is 118 cm³/mol. The third-order valence-electron chi connectivity index (χ3n) is 4.74. The fourth-order valence-corrected chi connectivity index (χ4v) is 3.48. The highest BCUT2D eigenvalue weighted by atomic mass is 16.6. The average molecular weight is 411 g/mol. The Bertz CT molecular complexity index is 908. The molecule has 160 valence electrons. The Morgan fingerprint density at radius 2 is 1.70 bits per heavy atom. The van der Waals surface area contributed by atoms with Crippen LogP contribution in [0.4, 0.5) is 21.9 Å². The smallest absolute Gasteiger partial charge is 0.411 e. The number of hydrogen-bond donors (Lipinski definition) is 1. The van der Waals surface area contributed by atoms with Crippen molar-refractivity contribution in [2.24, 2.45) is 5.92 Å². The third kappa shape index (κ3) is 5.39. The van der Waals surface area contributed by atoms with Gasteiger partial charge in [-0.25, -0.2) is 4.79 Å². The van der Waals surface area contributed by atoms with Crippen molar-refractivity contribution in [3.63, 3.8) is 0 Å². The molecule has 1 aliphatic heterocycles. The summed E-state index contributed by atoms with van der Waals surface area (Å²) in [7, 11) is 0. The number of aryl methyl sites for hydroxylation is 2. The quantitative estimate of drug-likeness (QED) is 0.721. The molecule has 0 saturated carbocycles. The highest BCUT2D eigenvalue weighted by Crippen LogP contribution is 2.37. The van der Waals surface area contributed by atoms with E-state index in [1.807, 2.05) is 36.4 Å². The molecule has 2 aromatic carbocycles. The van der Waals surface area contributed by atoms with Crippen molar-refractivity contribution in [1.29, 1.82) is 0 Å². The molecule has 0 fully saturated rings. The van der Waals surface area contributed by atoms with Gasteiger partial charge in [-0.1, -0.05) is 38.1 Å². The van der Waals surface area contributed by atoms with Crippen molar-refractivity contribution in [2.75, 3.05) is 23.4 Å². The van der Waals surface area contributed by atoms with E-state index in [9.17, 15) is 9.59 Å². The normalized spacial score (nSPS) is 12.9. The number of hydrogen-bond acceptors (Lipinski definition) is 4. The number of nitrogens with zero attached hydrogens (tertiary/aromatic N) is 1. The SMILES string of the molecule is CC(C)COCC(=O)N1c2ccccc2CCc2ccc(NC(=O)OC(C)C)cc21. The molecular formula is C24H30N2O4. The minimum absolute atomic E-state index is 0.000991. The van der Waals surface area contributed by atoms with Crippen LogP contribution in [0, 0.1) is 5.92 Å². The van der Waals surface area contributed by atoms with E-state index in [-0.39, 0.29) is 18.6 Å². The van der Waals surface area contributed by atoms with Gasteiger partial charge < -0.3 is 9.47 Å². The number of ether oxygens (including phenoxy) is 2. The first-order valence-electron chi connectivity index (χ1n) is 10.4. The van der Waals surface area contributed by atoms with Crippen LogP contribution in [0.3, 0.4) is 0 Å². The van der Waals surface area contributed by atoms with E-state index in [0.717, 1.165) is 35.3 Å². The molecule has 1 N–H and O–H groups in total. The molecular weight excluding hydrogens is 380 g/mol. The number of benzene rings is 2. The van der Waals surface area contributed by atoms with Crippen LogP contribution >= 0.6 is 0 Å². The number of carbonyl (C=O) groups is 2. The second-order valence-corrected chi connectivity index (χ2v) is 8.19. The topological polar surface area (TPSA) is 67.9 Å². The lowest BCUT2D eigenvalue weighted by molar-refractivity contribution is -0.122. The molecule has 0 spiro atoms. The van der Waals surface area contributed by atoms with Crippen LogP contribution in [0.5, 0.6) is 0 Å². The molecule has 0 aromatic heterocycles. The first kappa shape index (κ1) is 21.8. The largest absolute Gasteiger partial charge is 0.447 e. The Morgan fingerprint density at radius 1 is 1.00 bits per heavy atom. The molecule has 0 aliphatic carbocycles. The molecule has 1 heterocycles. The number of carbonyl (C=O) groups excluding carboxylic acids is 2. The predicted octanol–water partition coefficient (Wildman–Crippen LogP) is 5.08. The van der Waals surface area contributed by atoms with Crippen molar-refractivity contribution in [3.8, 4) is 0 Å². The number of rotatable bonds is 6. The molecule has 3 rings (SSSR count). The molecule has 2 aromatic rings. The van der Waals surface area contributed by atoms with Gasteiger partial charge in [0, 0.05) is 12.3 Å². The number of nitrogens with one attached hydrogen (secondary N) is 1. The summed E-state index contributed by atoms with van der Waals surface area (Å²) in [5, 5.41) is 2.75. The monoisotopic (exact) mass is 410 g/mol. The highest BCUT2D eigenvalue weighted by Gasteiger charge is 2.26. The summed E-state index contributed by atoms with van der Waals surface area (Å²) in [6.07, 6.45) is 0.910. The summed E-state index contributed by atoms with van der Waals surface area (Å²) in [5.74, 6) is 0.220. The van der Waals surface area contributed by atoms with E-state index in [1.165, 1.54) is 0 Å². The Balaban J connectivity index is 1.94. The summed E-state index contributed by atoms with van der Waals surface area (Å²) in [6, 6.07) is 13.6. The Labute approximate surface area is 178 Å². The lowest BCUT2D eigenvalue weighted by atomic mass is 10.0. The van der Waals surface area contributed by atoms with Gasteiger partial charge in [0.1, 0.15) is 6.61 Å². The summed E-state index contributed by atoms with van der Waals surface area (Å²) >= 11 is 0. The average Bonchev–Trinajstić information content (AvgIpc) is 2.83. The molecule has 0 saturated heterocycles. The van der Waals surface area contributed by atoms with Crippen LogP contribution < -0.4 is 10.2 Å². The molecule has 0 radical (unpaired) electrons. The van der Waals surface area contributed by atoms with Crippen molar-refractivity contribution in [3.05, 3.63) is 53.6 Å². The zero-order valence-corrected chi connectivity index (χ0v) is 18.1. The second-order valence-electron chi connectivity index (χ2n) is 8.19. The molecule has 6 nitrogen and oxygen atoms in total. The van der Waals surface area contributed by atoms with Crippen LogP contribution in [0.25, 0.3) is 0 Å². The molecule has 30 heavy (non-hydrogen) atoms. The van der Waals surface area contributed by atoms with Crippen LogP contribution in [0.15, 0.2) is 42.5 Å². The zero-order chi connectivity index (χ0) is 21.7. The summed E-state index contributed by atoms with van der Waals surface area (Å²) < 4.78 is 10.8. The van der Waals surface area contributed by atoms with Crippen LogP contribution in [0.2, 0.25) is 0 Å². The van der Waals surface area contributed by atoms with E-state index in [4.69, 9.17) is 9.47 Å². The summed E-state index contributed by atoms with van der Waals surface area (Å²) in [5.41, 5.74) is 4.36. The number of fused-ring (bicyclic) bond motifs is 2. The van der Waals surface area contributed by atoms with Gasteiger partial charge in [0.25, 0.3) is 5.91 Å². The molecule has 6 heteroatoms. The van der Waals surface area contributed by atoms with Crippen LogP contribution in [0.1, 0.15) is 38.8 Å². The minimum Gasteiger partial charge on any atom is -0.447 e. The number of para-hydroxylation sites is 1. The van der Waals surface area contributed by atoms with Gasteiger partial charge in [-0.05, 0) is 61.9 Å². The van der Waals surface area contributed by atoms with Crippen molar-refractivity contribution in [1.82, 2.24) is 0 Å². The van der Waals surface area contributed by atoms with E-state index in [1.54, 1.807) is 18.7 Å². The van der Waals surface area contributed by atoms with Gasteiger partial charge in [-0.3, -0.25) is 15.0 Å². The fourth-order valence-electron chi connectivity index (χ4n) is 3.48. The summed E-state index contributed by atoms with van der Waals surface area (Å²) in [4.78, 5) is 27.0. The maximum Gasteiger partial charge on any atom is 0.411 e. The van der Waals surface area contributed by atoms with Crippen molar-refractivity contribution in [2.45, 2.75) is 46.6 Å². The van der Waals surface area contributed by atoms with Crippen molar-refractivity contribution >= 4 is 29.1 Å². The lowest BCUT2D eigenvalue weighted by Gasteiger charge is -2.26. The molecule has 0 bridgehead atoms. The summed E-state index contributed by atoms with van der Waals surface area (Å²) in [6.45, 7) is 8.22. The Hall–Kier alpha value is -2.86. The minimum atomic E-state index is -0.517. The lowest BCUT2D eigenvalue weighted by Crippen LogP contribution is -2.31. The van der Waals surface area contributed by atoms with Gasteiger partial charge in [0.05, 0.1) is 17.5 Å². The number of amides is 2. The van der Waals surface area contributed by atoms with E-state index < -0.39 is 6.09 Å². The maximum atomic E-state index is 13.2.